The van der Waals surface area contributed by atoms with Crippen molar-refractivity contribution < 1.29 is 19.4 Å². The number of aliphatic carboxylic acids is 1. The molecule has 0 aromatic rings. The number of carboxylic acids is 1. The predicted octanol–water partition coefficient (Wildman–Crippen LogP) is 0.714. The fraction of sp³-hybridized carbons (Fsp3) is 0.857. The highest BCUT2D eigenvalue weighted by Gasteiger charge is 2.23. The van der Waals surface area contributed by atoms with E-state index in [4.69, 9.17) is 9.84 Å². The molecule has 0 aromatic heterocycles. The largest absolute Gasteiger partial charge is 0.480 e. The lowest BCUT2D eigenvalue weighted by molar-refractivity contribution is -0.154. The number of esters is 1. The number of nitrogens with one attached hydrogen (secondary N) is 1. The minimum absolute atomic E-state index is 0.119. The molecule has 1 heterocycles. The predicted molar refractivity (Wildman–Crippen MR) is 75.5 cm³/mol. The number of carbonyl (C=O) groups excluding carboxylic acids is 1. The van der Waals surface area contributed by atoms with E-state index in [-0.39, 0.29) is 12.5 Å². The first-order chi connectivity index (χ1) is 9.26. The number of nitrogens with zero attached hydrogens (tertiary/aromatic N) is 1. The molecule has 6 heteroatoms. The van der Waals surface area contributed by atoms with Crippen molar-refractivity contribution in [2.45, 2.75) is 39.2 Å². The van der Waals surface area contributed by atoms with Crippen LogP contribution in [0, 0.1) is 5.92 Å². The summed E-state index contributed by atoms with van der Waals surface area (Å²) in [4.78, 5) is 24.0. The first-order valence-electron chi connectivity index (χ1n) is 7.13. The Morgan fingerprint density at radius 2 is 2.10 bits per heavy atom. The maximum atomic E-state index is 11.5. The van der Waals surface area contributed by atoms with Crippen LogP contribution in [0.3, 0.4) is 0 Å². The minimum Gasteiger partial charge on any atom is -0.480 e. The monoisotopic (exact) mass is 286 g/mol. The molecule has 0 spiro atoms. The van der Waals surface area contributed by atoms with E-state index < -0.39 is 11.6 Å². The highest BCUT2D eigenvalue weighted by Crippen LogP contribution is 2.14. The van der Waals surface area contributed by atoms with E-state index in [2.05, 4.69) is 5.32 Å². The fourth-order valence-electron chi connectivity index (χ4n) is 2.30. The quantitative estimate of drug-likeness (QED) is 0.530. The molecule has 6 nitrogen and oxygen atoms in total. The summed E-state index contributed by atoms with van der Waals surface area (Å²) < 4.78 is 5.22. The zero-order chi connectivity index (χ0) is 15.2. The number of carbonyl (C=O) groups is 2. The van der Waals surface area contributed by atoms with Crippen molar-refractivity contribution in [2.75, 3.05) is 32.7 Å². The zero-order valence-corrected chi connectivity index (χ0v) is 12.6. The Balaban J connectivity index is 2.08. The Kier molecular flexibility index (Phi) is 6.42. The van der Waals surface area contributed by atoms with E-state index in [1.807, 2.05) is 25.7 Å². The number of ether oxygens (including phenoxy) is 1. The topological polar surface area (TPSA) is 78.9 Å². The summed E-state index contributed by atoms with van der Waals surface area (Å²) in [7, 11) is 0. The first-order valence-corrected chi connectivity index (χ1v) is 7.13. The molecule has 1 saturated heterocycles. The summed E-state index contributed by atoms with van der Waals surface area (Å²) in [5, 5.41) is 12.0. The third-order valence-corrected chi connectivity index (χ3v) is 3.09. The number of hydrogen-bond donors (Lipinski definition) is 2. The maximum absolute atomic E-state index is 11.5. The van der Waals surface area contributed by atoms with Crippen LogP contribution in [0.4, 0.5) is 0 Å². The molecular formula is C14H26N2O4. The van der Waals surface area contributed by atoms with E-state index >= 15 is 0 Å². The summed E-state index contributed by atoms with van der Waals surface area (Å²) >= 11 is 0. The van der Waals surface area contributed by atoms with Crippen LogP contribution in [0.25, 0.3) is 0 Å². The van der Waals surface area contributed by atoms with Crippen molar-refractivity contribution in [2.24, 2.45) is 5.92 Å². The summed E-state index contributed by atoms with van der Waals surface area (Å²) in [6.45, 7) is 8.75. The van der Waals surface area contributed by atoms with Gasteiger partial charge in [-0.1, -0.05) is 0 Å². The van der Waals surface area contributed by atoms with Gasteiger partial charge in [-0.15, -0.1) is 0 Å². The molecule has 0 bridgehead atoms. The Labute approximate surface area is 120 Å². The molecule has 20 heavy (non-hydrogen) atoms. The van der Waals surface area contributed by atoms with Crippen molar-refractivity contribution in [1.82, 2.24) is 10.2 Å². The van der Waals surface area contributed by atoms with Crippen LogP contribution in [0.1, 0.15) is 33.6 Å². The van der Waals surface area contributed by atoms with Crippen LogP contribution >= 0.6 is 0 Å². The molecule has 0 saturated carbocycles. The Bertz CT molecular complexity index is 339. The van der Waals surface area contributed by atoms with E-state index in [1.54, 1.807) is 0 Å². The van der Waals surface area contributed by atoms with E-state index in [0.29, 0.717) is 18.9 Å². The summed E-state index contributed by atoms with van der Waals surface area (Å²) in [6.07, 6.45) is 1.37. The van der Waals surface area contributed by atoms with Crippen molar-refractivity contribution in [1.29, 1.82) is 0 Å². The molecule has 116 valence electrons. The average molecular weight is 286 g/mol. The van der Waals surface area contributed by atoms with Gasteiger partial charge in [-0.25, -0.2) is 0 Å². The van der Waals surface area contributed by atoms with Gasteiger partial charge in [0.25, 0.3) is 0 Å². The molecule has 0 aliphatic carbocycles. The standard InChI is InChI=1S/C14H26N2O4/c1-14(2,3)20-13(19)4-6-15-8-11-5-7-16(9-11)10-12(17)18/h11,15H,4-10H2,1-3H3,(H,17,18). The molecule has 1 fully saturated rings. The van der Waals surface area contributed by atoms with E-state index in [9.17, 15) is 9.59 Å². The van der Waals surface area contributed by atoms with Crippen LogP contribution < -0.4 is 5.32 Å². The second-order valence-corrected chi connectivity index (χ2v) is 6.32. The van der Waals surface area contributed by atoms with Crippen LogP contribution in [0.5, 0.6) is 0 Å². The number of carboxylic acid groups (broad SMARTS) is 1. The smallest absolute Gasteiger partial charge is 0.317 e. The molecule has 0 radical (unpaired) electrons. The van der Waals surface area contributed by atoms with Gasteiger partial charge in [0, 0.05) is 13.1 Å². The molecule has 1 rings (SSSR count). The Morgan fingerprint density at radius 1 is 1.40 bits per heavy atom. The number of hydrogen-bond acceptors (Lipinski definition) is 5. The molecule has 0 amide bonds. The third-order valence-electron chi connectivity index (χ3n) is 3.09. The first kappa shape index (κ1) is 16.9. The second kappa shape index (κ2) is 7.59. The van der Waals surface area contributed by atoms with Gasteiger partial charge >= 0.3 is 11.9 Å². The molecule has 1 unspecified atom stereocenters. The Hall–Kier alpha value is -1.14. The van der Waals surface area contributed by atoms with Crippen LogP contribution in [-0.4, -0.2) is 60.3 Å². The molecule has 1 atom stereocenters. The van der Waals surface area contributed by atoms with Gasteiger partial charge in [-0.05, 0) is 46.2 Å². The van der Waals surface area contributed by atoms with E-state index in [0.717, 1.165) is 26.1 Å². The molecule has 0 aromatic carbocycles. The second-order valence-electron chi connectivity index (χ2n) is 6.32. The average Bonchev–Trinajstić information content (AvgIpc) is 2.68. The molecule has 2 N–H and O–H groups in total. The molecule has 1 aliphatic heterocycles. The van der Waals surface area contributed by atoms with Crippen molar-refractivity contribution >= 4 is 11.9 Å². The number of likely N-dealkylation sites (tertiary alicyclic amines) is 1. The normalized spacial score (nSPS) is 20.1. The number of rotatable bonds is 7. The van der Waals surface area contributed by atoms with Gasteiger partial charge in [0.05, 0.1) is 13.0 Å². The summed E-state index contributed by atoms with van der Waals surface area (Å²) in [5.74, 6) is -0.500. The van der Waals surface area contributed by atoms with Gasteiger partial charge in [-0.3, -0.25) is 14.5 Å². The van der Waals surface area contributed by atoms with Crippen LogP contribution in [0.2, 0.25) is 0 Å². The van der Waals surface area contributed by atoms with Crippen LogP contribution in [0.15, 0.2) is 0 Å². The lowest BCUT2D eigenvalue weighted by atomic mass is 10.1. The minimum atomic E-state index is -0.775. The zero-order valence-electron chi connectivity index (χ0n) is 12.6. The summed E-state index contributed by atoms with van der Waals surface area (Å²) in [5.41, 5.74) is -0.431. The lowest BCUT2D eigenvalue weighted by Gasteiger charge is -2.19. The Morgan fingerprint density at radius 3 is 2.70 bits per heavy atom. The van der Waals surface area contributed by atoms with Gasteiger partial charge in [0.1, 0.15) is 5.60 Å². The van der Waals surface area contributed by atoms with Crippen molar-refractivity contribution in [3.05, 3.63) is 0 Å². The van der Waals surface area contributed by atoms with E-state index in [1.165, 1.54) is 0 Å². The highest BCUT2D eigenvalue weighted by atomic mass is 16.6. The fourth-order valence-corrected chi connectivity index (χ4v) is 2.30. The third kappa shape index (κ3) is 7.45. The lowest BCUT2D eigenvalue weighted by Crippen LogP contribution is -2.31. The molecular weight excluding hydrogens is 260 g/mol. The van der Waals surface area contributed by atoms with Gasteiger partial charge in [0.2, 0.25) is 0 Å². The molecule has 1 aliphatic rings. The maximum Gasteiger partial charge on any atom is 0.317 e. The SMILES string of the molecule is CC(C)(C)OC(=O)CCNCC1CCN(CC(=O)O)C1. The van der Waals surface area contributed by atoms with Gasteiger partial charge < -0.3 is 15.2 Å². The van der Waals surface area contributed by atoms with Crippen molar-refractivity contribution in [3.8, 4) is 0 Å². The van der Waals surface area contributed by atoms with Crippen molar-refractivity contribution in [3.63, 3.8) is 0 Å². The highest BCUT2D eigenvalue weighted by molar-refractivity contribution is 5.70. The van der Waals surface area contributed by atoms with Gasteiger partial charge in [0.15, 0.2) is 0 Å². The van der Waals surface area contributed by atoms with Crippen LogP contribution in [-0.2, 0) is 14.3 Å². The summed E-state index contributed by atoms with van der Waals surface area (Å²) in [6, 6.07) is 0. The van der Waals surface area contributed by atoms with Gasteiger partial charge in [-0.2, -0.15) is 0 Å².